The van der Waals surface area contributed by atoms with Gasteiger partial charge in [-0.2, -0.15) is 0 Å². The summed E-state index contributed by atoms with van der Waals surface area (Å²) in [6.45, 7) is 7.15. The predicted molar refractivity (Wildman–Crippen MR) is 68.4 cm³/mol. The number of anilines is 1. The molecule has 1 amide bonds. The molecule has 1 atom stereocenters. The molecule has 2 N–H and O–H groups in total. The van der Waals surface area contributed by atoms with Crippen LogP contribution in [-0.2, 0) is 4.79 Å². The number of nitrogens with zero attached hydrogens (tertiary/aromatic N) is 2. The molecule has 2 heterocycles. The Morgan fingerprint density at radius 3 is 3.11 bits per heavy atom. The minimum Gasteiger partial charge on any atom is -0.338 e. The fraction of sp³-hybridized carbons (Fsp3) is 0.667. The summed E-state index contributed by atoms with van der Waals surface area (Å²) in [6, 6.07) is 2.17. The van der Waals surface area contributed by atoms with Crippen molar-refractivity contribution < 1.29 is 9.32 Å². The van der Waals surface area contributed by atoms with Gasteiger partial charge in [0.15, 0.2) is 0 Å². The summed E-state index contributed by atoms with van der Waals surface area (Å²) in [5.41, 5.74) is 0.762. The number of likely N-dealkylation sites (N-methyl/N-ethyl adjacent to an activating group) is 1. The number of aryl methyl sites for hydroxylation is 1. The molecule has 6 nitrogen and oxygen atoms in total. The van der Waals surface area contributed by atoms with Crippen LogP contribution in [0.4, 0.5) is 5.88 Å². The van der Waals surface area contributed by atoms with Crippen molar-refractivity contribution in [2.45, 2.75) is 26.3 Å². The lowest BCUT2D eigenvalue weighted by Gasteiger charge is -2.25. The Labute approximate surface area is 107 Å². The maximum Gasteiger partial charge on any atom is 0.240 e. The van der Waals surface area contributed by atoms with Gasteiger partial charge in [-0.1, -0.05) is 12.1 Å². The van der Waals surface area contributed by atoms with E-state index in [1.807, 2.05) is 6.92 Å². The van der Waals surface area contributed by atoms with E-state index in [4.69, 9.17) is 4.52 Å². The van der Waals surface area contributed by atoms with Crippen LogP contribution >= 0.6 is 0 Å². The first-order valence-electron chi connectivity index (χ1n) is 6.37. The van der Waals surface area contributed by atoms with E-state index in [9.17, 15) is 4.79 Å². The third-order valence-electron chi connectivity index (χ3n) is 3.19. The topological polar surface area (TPSA) is 70.4 Å². The van der Waals surface area contributed by atoms with E-state index in [0.29, 0.717) is 18.5 Å². The van der Waals surface area contributed by atoms with Crippen LogP contribution < -0.4 is 10.6 Å². The summed E-state index contributed by atoms with van der Waals surface area (Å²) in [5, 5.41) is 9.77. The van der Waals surface area contributed by atoms with E-state index < -0.39 is 0 Å². The van der Waals surface area contributed by atoms with Crippen LogP contribution in [-0.4, -0.2) is 48.2 Å². The molecule has 1 aliphatic rings. The normalized spacial score (nSPS) is 19.4. The van der Waals surface area contributed by atoms with E-state index in [1.165, 1.54) is 0 Å². The van der Waals surface area contributed by atoms with Gasteiger partial charge in [0.1, 0.15) is 0 Å². The molecular weight excluding hydrogens is 232 g/mol. The zero-order valence-electron chi connectivity index (χ0n) is 10.9. The van der Waals surface area contributed by atoms with Crippen LogP contribution in [0.25, 0.3) is 0 Å². The standard InChI is InChI=1S/C12H20N4O2/c1-3-16(10-4-5-13-7-10)8-11(17)14-12-6-9(2)15-18-12/h6,10,13H,3-5,7-8H2,1-2H3,(H,14,17). The SMILES string of the molecule is CCN(CC(=O)Nc1cc(C)no1)C1CCNC1. The van der Waals surface area contributed by atoms with Crippen molar-refractivity contribution in [1.82, 2.24) is 15.4 Å². The molecule has 2 rings (SSSR count). The Balaban J connectivity index is 1.85. The third kappa shape index (κ3) is 3.30. The number of aromatic nitrogens is 1. The smallest absolute Gasteiger partial charge is 0.240 e. The summed E-state index contributed by atoms with van der Waals surface area (Å²) in [4.78, 5) is 14.1. The molecule has 0 radical (unpaired) electrons. The van der Waals surface area contributed by atoms with Gasteiger partial charge in [-0.05, 0) is 26.4 Å². The Bertz CT molecular complexity index is 399. The number of amides is 1. The first-order valence-corrected chi connectivity index (χ1v) is 6.37. The molecule has 18 heavy (non-hydrogen) atoms. The zero-order valence-corrected chi connectivity index (χ0v) is 10.9. The number of hydrogen-bond donors (Lipinski definition) is 2. The molecule has 0 bridgehead atoms. The minimum absolute atomic E-state index is 0.0556. The maximum absolute atomic E-state index is 11.9. The Morgan fingerprint density at radius 1 is 1.72 bits per heavy atom. The van der Waals surface area contributed by atoms with Gasteiger partial charge in [0.25, 0.3) is 0 Å². The van der Waals surface area contributed by atoms with Crippen LogP contribution in [0.5, 0.6) is 0 Å². The molecule has 100 valence electrons. The summed E-state index contributed by atoms with van der Waals surface area (Å²) in [7, 11) is 0. The second-order valence-corrected chi connectivity index (χ2v) is 4.59. The molecule has 0 aliphatic carbocycles. The second kappa shape index (κ2) is 5.97. The van der Waals surface area contributed by atoms with Crippen LogP contribution in [0.1, 0.15) is 19.0 Å². The van der Waals surface area contributed by atoms with E-state index in [-0.39, 0.29) is 5.91 Å². The Kier molecular flexibility index (Phi) is 4.33. The van der Waals surface area contributed by atoms with Crippen molar-refractivity contribution in [2.75, 3.05) is 31.5 Å². The highest BCUT2D eigenvalue weighted by molar-refractivity contribution is 5.90. The van der Waals surface area contributed by atoms with Crippen molar-refractivity contribution in [3.8, 4) is 0 Å². The largest absolute Gasteiger partial charge is 0.338 e. The molecule has 1 aromatic heterocycles. The summed E-state index contributed by atoms with van der Waals surface area (Å²) in [6.07, 6.45) is 1.10. The summed E-state index contributed by atoms with van der Waals surface area (Å²) in [5.74, 6) is 0.359. The van der Waals surface area contributed by atoms with Gasteiger partial charge in [-0.15, -0.1) is 0 Å². The second-order valence-electron chi connectivity index (χ2n) is 4.59. The lowest BCUT2D eigenvalue weighted by atomic mass is 10.2. The highest BCUT2D eigenvalue weighted by atomic mass is 16.5. The van der Waals surface area contributed by atoms with Gasteiger partial charge in [0.05, 0.1) is 12.2 Å². The lowest BCUT2D eigenvalue weighted by Crippen LogP contribution is -2.41. The van der Waals surface area contributed by atoms with Gasteiger partial charge in [-0.3, -0.25) is 15.0 Å². The first kappa shape index (κ1) is 13.0. The Morgan fingerprint density at radius 2 is 2.56 bits per heavy atom. The quantitative estimate of drug-likeness (QED) is 0.803. The average molecular weight is 252 g/mol. The molecule has 1 saturated heterocycles. The molecule has 6 heteroatoms. The first-order chi connectivity index (χ1) is 8.69. The van der Waals surface area contributed by atoms with Gasteiger partial charge in [0, 0.05) is 18.7 Å². The van der Waals surface area contributed by atoms with Crippen LogP contribution in [0.2, 0.25) is 0 Å². The lowest BCUT2D eigenvalue weighted by molar-refractivity contribution is -0.117. The molecule has 0 saturated carbocycles. The number of nitrogens with one attached hydrogen (secondary N) is 2. The fourth-order valence-electron chi connectivity index (χ4n) is 2.23. The molecule has 1 aliphatic heterocycles. The zero-order chi connectivity index (χ0) is 13.0. The van der Waals surface area contributed by atoms with Gasteiger partial charge in [-0.25, -0.2) is 0 Å². The predicted octanol–water partition coefficient (Wildman–Crippen LogP) is 0.605. The van der Waals surface area contributed by atoms with Crippen molar-refractivity contribution in [3.05, 3.63) is 11.8 Å². The van der Waals surface area contributed by atoms with Crippen molar-refractivity contribution in [1.29, 1.82) is 0 Å². The monoisotopic (exact) mass is 252 g/mol. The van der Waals surface area contributed by atoms with Crippen LogP contribution in [0.3, 0.4) is 0 Å². The van der Waals surface area contributed by atoms with Crippen molar-refractivity contribution in [3.63, 3.8) is 0 Å². The number of carbonyl (C=O) groups excluding carboxylic acids is 1. The molecule has 0 aromatic carbocycles. The highest BCUT2D eigenvalue weighted by Crippen LogP contribution is 2.10. The minimum atomic E-state index is -0.0556. The van der Waals surface area contributed by atoms with E-state index in [1.54, 1.807) is 6.07 Å². The third-order valence-corrected chi connectivity index (χ3v) is 3.19. The highest BCUT2D eigenvalue weighted by Gasteiger charge is 2.23. The van der Waals surface area contributed by atoms with Crippen LogP contribution in [0.15, 0.2) is 10.6 Å². The summed E-state index contributed by atoms with van der Waals surface area (Å²) >= 11 is 0. The number of carbonyl (C=O) groups is 1. The molecule has 1 aromatic rings. The van der Waals surface area contributed by atoms with Crippen molar-refractivity contribution >= 4 is 11.8 Å². The maximum atomic E-state index is 11.9. The molecule has 1 unspecified atom stereocenters. The average Bonchev–Trinajstić information content (AvgIpc) is 2.98. The van der Waals surface area contributed by atoms with Gasteiger partial charge >= 0.3 is 0 Å². The van der Waals surface area contributed by atoms with Crippen LogP contribution in [0, 0.1) is 6.92 Å². The van der Waals surface area contributed by atoms with Crippen molar-refractivity contribution in [2.24, 2.45) is 0 Å². The van der Waals surface area contributed by atoms with Gasteiger partial charge in [0.2, 0.25) is 11.8 Å². The summed E-state index contributed by atoms with van der Waals surface area (Å²) < 4.78 is 4.96. The van der Waals surface area contributed by atoms with E-state index in [0.717, 1.165) is 31.7 Å². The van der Waals surface area contributed by atoms with Gasteiger partial charge < -0.3 is 9.84 Å². The molecule has 0 spiro atoms. The number of hydrogen-bond acceptors (Lipinski definition) is 5. The van der Waals surface area contributed by atoms with E-state index in [2.05, 4.69) is 27.6 Å². The number of rotatable bonds is 5. The Hall–Kier alpha value is -1.40. The van der Waals surface area contributed by atoms with E-state index >= 15 is 0 Å². The molecular formula is C12H20N4O2. The fourth-order valence-corrected chi connectivity index (χ4v) is 2.23. The molecule has 1 fully saturated rings.